The van der Waals surface area contributed by atoms with E-state index in [1.54, 1.807) is 24.3 Å². The summed E-state index contributed by atoms with van der Waals surface area (Å²) < 4.78 is 11.2. The van der Waals surface area contributed by atoms with Crippen molar-refractivity contribution in [3.8, 4) is 11.8 Å². The summed E-state index contributed by atoms with van der Waals surface area (Å²) in [6.07, 6.45) is 0. The zero-order chi connectivity index (χ0) is 17.6. The smallest absolute Gasteiger partial charge is 0.236 e. The van der Waals surface area contributed by atoms with Gasteiger partial charge < -0.3 is 14.5 Å². The second kappa shape index (κ2) is 7.73. The Balaban J connectivity index is 1.70. The predicted molar refractivity (Wildman–Crippen MR) is 95.5 cm³/mol. The van der Waals surface area contributed by atoms with Crippen molar-refractivity contribution < 1.29 is 9.15 Å². The van der Waals surface area contributed by atoms with Crippen molar-refractivity contribution in [2.24, 2.45) is 0 Å². The summed E-state index contributed by atoms with van der Waals surface area (Å²) in [7, 11) is 0. The molecule has 2 aromatic carbocycles. The SMILES string of the molecule is CC(Nc1oc(COc2cccc(Cl)c2)nc1C#N)c1ccccc1. The molecule has 3 rings (SSSR count). The molecular weight excluding hydrogens is 338 g/mol. The second-order valence-corrected chi connectivity index (χ2v) is 5.86. The van der Waals surface area contributed by atoms with Crippen molar-refractivity contribution in [3.63, 3.8) is 0 Å². The van der Waals surface area contributed by atoms with Gasteiger partial charge in [-0.05, 0) is 30.7 Å². The monoisotopic (exact) mass is 353 g/mol. The third-order valence-corrected chi connectivity index (χ3v) is 3.82. The van der Waals surface area contributed by atoms with E-state index in [-0.39, 0.29) is 18.3 Å². The lowest BCUT2D eigenvalue weighted by Gasteiger charge is -2.13. The first-order chi connectivity index (χ1) is 12.2. The molecule has 126 valence electrons. The number of rotatable bonds is 6. The Bertz CT molecular complexity index is 887. The Morgan fingerprint density at radius 1 is 1.24 bits per heavy atom. The van der Waals surface area contributed by atoms with Crippen LogP contribution in [0.25, 0.3) is 0 Å². The molecular formula is C19H16ClN3O2. The first-order valence-electron chi connectivity index (χ1n) is 7.75. The summed E-state index contributed by atoms with van der Waals surface area (Å²) in [5.41, 5.74) is 1.28. The highest BCUT2D eigenvalue weighted by molar-refractivity contribution is 6.30. The van der Waals surface area contributed by atoms with Gasteiger partial charge in [-0.1, -0.05) is 48.0 Å². The van der Waals surface area contributed by atoms with Gasteiger partial charge in [0.25, 0.3) is 0 Å². The van der Waals surface area contributed by atoms with E-state index in [1.165, 1.54) is 0 Å². The van der Waals surface area contributed by atoms with E-state index >= 15 is 0 Å². The standard InChI is InChI=1S/C19H16ClN3O2/c1-13(14-6-3-2-4-7-14)22-19-17(11-21)23-18(25-19)12-24-16-9-5-8-15(20)10-16/h2-10,13,22H,12H2,1H3. The number of nitriles is 1. The molecule has 5 nitrogen and oxygen atoms in total. The summed E-state index contributed by atoms with van der Waals surface area (Å²) in [6.45, 7) is 2.09. The molecule has 0 aliphatic heterocycles. The molecule has 1 heterocycles. The molecule has 1 aromatic heterocycles. The van der Waals surface area contributed by atoms with Crippen molar-refractivity contribution in [1.29, 1.82) is 5.26 Å². The van der Waals surface area contributed by atoms with Crippen molar-refractivity contribution >= 4 is 17.5 Å². The topological polar surface area (TPSA) is 71.1 Å². The first-order valence-corrected chi connectivity index (χ1v) is 8.13. The van der Waals surface area contributed by atoms with Gasteiger partial charge in [0.15, 0.2) is 6.61 Å². The lowest BCUT2D eigenvalue weighted by atomic mass is 10.1. The molecule has 1 unspecified atom stereocenters. The van der Waals surface area contributed by atoms with Crippen LogP contribution in [0.3, 0.4) is 0 Å². The van der Waals surface area contributed by atoms with E-state index in [2.05, 4.69) is 10.3 Å². The Morgan fingerprint density at radius 2 is 2.04 bits per heavy atom. The summed E-state index contributed by atoms with van der Waals surface area (Å²) in [6, 6.07) is 18.9. The van der Waals surface area contributed by atoms with Crippen molar-refractivity contribution in [2.75, 3.05) is 5.32 Å². The van der Waals surface area contributed by atoms with Crippen LogP contribution >= 0.6 is 11.6 Å². The molecule has 25 heavy (non-hydrogen) atoms. The Hall–Kier alpha value is -2.97. The quantitative estimate of drug-likeness (QED) is 0.678. The van der Waals surface area contributed by atoms with E-state index in [0.29, 0.717) is 22.5 Å². The number of anilines is 1. The van der Waals surface area contributed by atoms with Crippen molar-refractivity contribution in [1.82, 2.24) is 4.98 Å². The van der Waals surface area contributed by atoms with Crippen LogP contribution in [0, 0.1) is 11.3 Å². The highest BCUT2D eigenvalue weighted by Gasteiger charge is 2.16. The molecule has 0 bridgehead atoms. The summed E-state index contributed by atoms with van der Waals surface area (Å²) in [4.78, 5) is 4.16. The van der Waals surface area contributed by atoms with Gasteiger partial charge in [-0.25, -0.2) is 0 Å². The number of oxazole rings is 1. The van der Waals surface area contributed by atoms with Crippen LogP contribution in [0.15, 0.2) is 59.0 Å². The minimum absolute atomic E-state index is 0.0250. The highest BCUT2D eigenvalue weighted by atomic mass is 35.5. The van der Waals surface area contributed by atoms with Crippen LogP contribution in [-0.4, -0.2) is 4.98 Å². The number of aromatic nitrogens is 1. The van der Waals surface area contributed by atoms with Crippen LogP contribution < -0.4 is 10.1 Å². The maximum atomic E-state index is 9.27. The fraction of sp³-hybridized carbons (Fsp3) is 0.158. The van der Waals surface area contributed by atoms with E-state index in [0.717, 1.165) is 5.56 Å². The lowest BCUT2D eigenvalue weighted by Crippen LogP contribution is -2.06. The van der Waals surface area contributed by atoms with Gasteiger partial charge in [-0.3, -0.25) is 0 Å². The third-order valence-electron chi connectivity index (χ3n) is 3.58. The van der Waals surface area contributed by atoms with Crippen LogP contribution in [0.5, 0.6) is 5.75 Å². The number of nitrogens with one attached hydrogen (secondary N) is 1. The van der Waals surface area contributed by atoms with E-state index < -0.39 is 0 Å². The Labute approximate surface area is 150 Å². The number of ether oxygens (including phenoxy) is 1. The maximum Gasteiger partial charge on any atom is 0.236 e. The third kappa shape index (κ3) is 4.31. The molecule has 3 aromatic rings. The molecule has 0 amide bonds. The number of halogens is 1. The Morgan fingerprint density at radius 3 is 2.76 bits per heavy atom. The molecule has 0 aliphatic carbocycles. The van der Waals surface area contributed by atoms with Crippen LogP contribution in [0.1, 0.15) is 30.1 Å². The lowest BCUT2D eigenvalue weighted by molar-refractivity contribution is 0.264. The summed E-state index contributed by atoms with van der Waals surface area (Å²) >= 11 is 5.92. The number of hydrogen-bond acceptors (Lipinski definition) is 5. The Kier molecular flexibility index (Phi) is 5.22. The first kappa shape index (κ1) is 16.9. The van der Waals surface area contributed by atoms with E-state index in [4.69, 9.17) is 20.8 Å². The van der Waals surface area contributed by atoms with Gasteiger partial charge in [-0.2, -0.15) is 10.2 Å². The van der Waals surface area contributed by atoms with E-state index in [1.807, 2.05) is 43.3 Å². The van der Waals surface area contributed by atoms with Gasteiger partial charge in [-0.15, -0.1) is 0 Å². The molecule has 6 heteroatoms. The largest absolute Gasteiger partial charge is 0.484 e. The van der Waals surface area contributed by atoms with Gasteiger partial charge in [0, 0.05) is 5.02 Å². The second-order valence-electron chi connectivity index (χ2n) is 5.42. The molecule has 0 radical (unpaired) electrons. The summed E-state index contributed by atoms with van der Waals surface area (Å²) in [5.74, 6) is 1.26. The van der Waals surface area contributed by atoms with Gasteiger partial charge in [0.05, 0.1) is 6.04 Å². The fourth-order valence-electron chi connectivity index (χ4n) is 2.32. The molecule has 0 aliphatic rings. The molecule has 0 saturated heterocycles. The van der Waals surface area contributed by atoms with Crippen molar-refractivity contribution in [3.05, 3.63) is 76.8 Å². The van der Waals surface area contributed by atoms with Crippen LogP contribution in [-0.2, 0) is 6.61 Å². The molecule has 0 spiro atoms. The van der Waals surface area contributed by atoms with Gasteiger partial charge in [0.1, 0.15) is 11.8 Å². The molecule has 1 atom stereocenters. The predicted octanol–water partition coefficient (Wildman–Crippen LogP) is 4.95. The number of hydrogen-bond donors (Lipinski definition) is 1. The van der Waals surface area contributed by atoms with Gasteiger partial charge in [0.2, 0.25) is 17.5 Å². The minimum atomic E-state index is -0.0250. The highest BCUT2D eigenvalue weighted by Crippen LogP contribution is 2.24. The van der Waals surface area contributed by atoms with Gasteiger partial charge >= 0.3 is 0 Å². The van der Waals surface area contributed by atoms with Crippen molar-refractivity contribution in [2.45, 2.75) is 19.6 Å². The molecule has 1 N–H and O–H groups in total. The van der Waals surface area contributed by atoms with Crippen LogP contribution in [0.2, 0.25) is 5.02 Å². The summed E-state index contributed by atoms with van der Waals surface area (Å²) in [5, 5.41) is 13.0. The average molecular weight is 354 g/mol. The zero-order valence-electron chi connectivity index (χ0n) is 13.6. The number of nitrogens with zero attached hydrogens (tertiary/aromatic N) is 2. The molecule has 0 fully saturated rings. The fourth-order valence-corrected chi connectivity index (χ4v) is 2.50. The normalized spacial score (nSPS) is 11.6. The van der Waals surface area contributed by atoms with Crippen LogP contribution in [0.4, 0.5) is 5.88 Å². The average Bonchev–Trinajstić information content (AvgIpc) is 3.02. The number of benzene rings is 2. The zero-order valence-corrected chi connectivity index (χ0v) is 14.3. The maximum absolute atomic E-state index is 9.27. The molecule has 0 saturated carbocycles. The van der Waals surface area contributed by atoms with E-state index in [9.17, 15) is 5.26 Å². The minimum Gasteiger partial charge on any atom is -0.484 e.